The first kappa shape index (κ1) is 16.3. The normalized spacial score (nSPS) is 10.6. The number of hydrogen-bond acceptors (Lipinski definition) is 5. The van der Waals surface area contributed by atoms with Gasteiger partial charge in [-0.05, 0) is 43.0 Å². The van der Waals surface area contributed by atoms with Crippen LogP contribution in [0.3, 0.4) is 0 Å². The Hall–Kier alpha value is -2.60. The van der Waals surface area contributed by atoms with Crippen LogP contribution in [0.15, 0.2) is 57.8 Å². The molecule has 0 aliphatic rings. The maximum Gasteiger partial charge on any atom is 0.322 e. The maximum absolute atomic E-state index is 12.2. The molecule has 0 atom stereocenters. The quantitative estimate of drug-likeness (QED) is 0.713. The molecule has 1 amide bonds. The summed E-state index contributed by atoms with van der Waals surface area (Å²) in [5, 5.41) is 10.5. The van der Waals surface area contributed by atoms with Crippen LogP contribution >= 0.6 is 11.8 Å². The van der Waals surface area contributed by atoms with Crippen molar-refractivity contribution >= 4 is 23.7 Å². The van der Waals surface area contributed by atoms with Gasteiger partial charge in [-0.3, -0.25) is 10.1 Å². The lowest BCUT2D eigenvalue weighted by Crippen LogP contribution is -2.11. The number of carbonyl (C=O) groups excluding carboxylic acids is 1. The van der Waals surface area contributed by atoms with Crippen molar-refractivity contribution in [3.63, 3.8) is 0 Å². The van der Waals surface area contributed by atoms with E-state index >= 15 is 0 Å². The van der Waals surface area contributed by atoms with Crippen LogP contribution in [0.1, 0.15) is 27.4 Å². The van der Waals surface area contributed by atoms with Crippen molar-refractivity contribution in [3.8, 4) is 0 Å². The van der Waals surface area contributed by atoms with Crippen LogP contribution in [0.4, 0.5) is 6.01 Å². The lowest BCUT2D eigenvalue weighted by atomic mass is 10.1. The largest absolute Gasteiger partial charge is 0.407 e. The molecule has 122 valence electrons. The molecule has 1 heterocycles. The molecule has 2 aromatic carbocycles. The van der Waals surface area contributed by atoms with Gasteiger partial charge >= 0.3 is 6.01 Å². The molecule has 0 spiro atoms. The zero-order chi connectivity index (χ0) is 16.9. The van der Waals surface area contributed by atoms with Crippen LogP contribution in [0.2, 0.25) is 0 Å². The van der Waals surface area contributed by atoms with E-state index in [2.05, 4.69) is 15.5 Å². The number of thioether (sulfide) groups is 1. The summed E-state index contributed by atoms with van der Waals surface area (Å²) in [7, 11) is 0. The van der Waals surface area contributed by atoms with Crippen LogP contribution in [0.25, 0.3) is 0 Å². The fraction of sp³-hybridized carbons (Fsp3) is 0.167. The molecule has 6 heteroatoms. The van der Waals surface area contributed by atoms with Gasteiger partial charge in [0.2, 0.25) is 5.89 Å². The Morgan fingerprint density at radius 2 is 1.79 bits per heavy atom. The molecule has 0 fully saturated rings. The summed E-state index contributed by atoms with van der Waals surface area (Å²) in [5.41, 5.74) is 2.82. The van der Waals surface area contributed by atoms with Gasteiger partial charge in [0.25, 0.3) is 5.91 Å². The SMILES string of the molecule is CSc1ccc(C(=O)Nc2nnc(Cc3ccc(C)cc3)o2)cc1. The minimum atomic E-state index is -0.270. The lowest BCUT2D eigenvalue weighted by Gasteiger charge is -2.01. The lowest BCUT2D eigenvalue weighted by molar-refractivity contribution is 0.102. The van der Waals surface area contributed by atoms with Crippen molar-refractivity contribution in [2.24, 2.45) is 0 Å². The predicted molar refractivity (Wildman–Crippen MR) is 94.5 cm³/mol. The highest BCUT2D eigenvalue weighted by Gasteiger charge is 2.12. The number of benzene rings is 2. The zero-order valence-electron chi connectivity index (χ0n) is 13.4. The maximum atomic E-state index is 12.2. The van der Waals surface area contributed by atoms with Gasteiger partial charge in [0.05, 0.1) is 6.42 Å². The summed E-state index contributed by atoms with van der Waals surface area (Å²) < 4.78 is 5.50. The van der Waals surface area contributed by atoms with Crippen molar-refractivity contribution in [1.82, 2.24) is 10.2 Å². The molecule has 0 saturated heterocycles. The molecule has 0 aliphatic carbocycles. The van der Waals surface area contributed by atoms with E-state index in [1.807, 2.05) is 49.6 Å². The van der Waals surface area contributed by atoms with E-state index in [1.165, 1.54) is 5.56 Å². The third-order valence-corrected chi connectivity index (χ3v) is 4.26. The number of rotatable bonds is 5. The summed E-state index contributed by atoms with van der Waals surface area (Å²) in [6.45, 7) is 2.04. The van der Waals surface area contributed by atoms with Gasteiger partial charge in [-0.15, -0.1) is 16.9 Å². The Bertz CT molecular complexity index is 826. The third kappa shape index (κ3) is 4.02. The number of nitrogens with one attached hydrogen (secondary N) is 1. The van der Waals surface area contributed by atoms with Crippen molar-refractivity contribution in [2.75, 3.05) is 11.6 Å². The molecular weight excluding hydrogens is 322 g/mol. The third-order valence-electron chi connectivity index (χ3n) is 3.52. The average molecular weight is 339 g/mol. The molecule has 0 aliphatic heterocycles. The minimum Gasteiger partial charge on any atom is -0.407 e. The van der Waals surface area contributed by atoms with Crippen LogP contribution in [0.5, 0.6) is 0 Å². The highest BCUT2D eigenvalue weighted by atomic mass is 32.2. The molecule has 1 aromatic heterocycles. The van der Waals surface area contributed by atoms with Crippen molar-refractivity contribution < 1.29 is 9.21 Å². The van der Waals surface area contributed by atoms with Gasteiger partial charge in [0.1, 0.15) is 0 Å². The van der Waals surface area contributed by atoms with Crippen LogP contribution in [0, 0.1) is 6.92 Å². The summed E-state index contributed by atoms with van der Waals surface area (Å²) in [6.07, 6.45) is 2.52. The highest BCUT2D eigenvalue weighted by Crippen LogP contribution is 2.16. The number of anilines is 1. The Morgan fingerprint density at radius 3 is 2.46 bits per heavy atom. The monoisotopic (exact) mass is 339 g/mol. The molecule has 0 bridgehead atoms. The van der Waals surface area contributed by atoms with E-state index in [0.717, 1.165) is 10.5 Å². The van der Waals surface area contributed by atoms with Crippen molar-refractivity contribution in [2.45, 2.75) is 18.2 Å². The minimum absolute atomic E-state index is 0.107. The molecule has 0 radical (unpaired) electrons. The van der Waals surface area contributed by atoms with E-state index < -0.39 is 0 Å². The molecule has 3 aromatic rings. The van der Waals surface area contributed by atoms with Gasteiger partial charge in [0, 0.05) is 10.5 Å². The Labute approximate surface area is 144 Å². The van der Waals surface area contributed by atoms with E-state index in [4.69, 9.17) is 4.42 Å². The van der Waals surface area contributed by atoms with E-state index in [-0.39, 0.29) is 11.9 Å². The van der Waals surface area contributed by atoms with Crippen LogP contribution in [-0.2, 0) is 6.42 Å². The standard InChI is InChI=1S/C18H17N3O2S/c1-12-3-5-13(6-4-12)11-16-20-21-18(23-16)19-17(22)14-7-9-15(24-2)10-8-14/h3-10H,11H2,1-2H3,(H,19,21,22). The number of carbonyl (C=O) groups is 1. The number of hydrogen-bond donors (Lipinski definition) is 1. The Balaban J connectivity index is 1.64. The van der Waals surface area contributed by atoms with E-state index in [1.54, 1.807) is 23.9 Å². The molecule has 1 N–H and O–H groups in total. The molecule has 5 nitrogen and oxygen atoms in total. The molecule has 0 saturated carbocycles. The molecule has 0 unspecified atom stereocenters. The summed E-state index contributed by atoms with van der Waals surface area (Å²) in [4.78, 5) is 13.3. The van der Waals surface area contributed by atoms with Gasteiger partial charge in [-0.2, -0.15) is 0 Å². The second-order valence-corrected chi connectivity index (χ2v) is 6.23. The summed E-state index contributed by atoms with van der Waals surface area (Å²) >= 11 is 1.63. The van der Waals surface area contributed by atoms with Gasteiger partial charge in [0.15, 0.2) is 0 Å². The number of aryl methyl sites for hydroxylation is 1. The number of nitrogens with zero attached hydrogens (tertiary/aromatic N) is 2. The van der Waals surface area contributed by atoms with Crippen molar-refractivity contribution in [1.29, 1.82) is 0 Å². The predicted octanol–water partition coefficient (Wildman–Crippen LogP) is 3.94. The van der Waals surface area contributed by atoms with Gasteiger partial charge in [-0.25, -0.2) is 0 Å². The molecular formula is C18H17N3O2S. The van der Waals surface area contributed by atoms with Crippen molar-refractivity contribution in [3.05, 3.63) is 71.1 Å². The average Bonchev–Trinajstić information content (AvgIpc) is 3.04. The smallest absolute Gasteiger partial charge is 0.322 e. The van der Waals surface area contributed by atoms with Gasteiger partial charge in [-0.1, -0.05) is 34.9 Å². The van der Waals surface area contributed by atoms with Gasteiger partial charge < -0.3 is 4.42 Å². The van der Waals surface area contributed by atoms with Crippen LogP contribution < -0.4 is 5.32 Å². The molecule has 24 heavy (non-hydrogen) atoms. The Kier molecular flexibility index (Phi) is 4.96. The first-order valence-electron chi connectivity index (χ1n) is 7.47. The second kappa shape index (κ2) is 7.31. The first-order chi connectivity index (χ1) is 11.6. The second-order valence-electron chi connectivity index (χ2n) is 5.35. The Morgan fingerprint density at radius 1 is 1.08 bits per heavy atom. The molecule has 3 rings (SSSR count). The fourth-order valence-corrected chi connectivity index (χ4v) is 2.58. The zero-order valence-corrected chi connectivity index (χ0v) is 14.3. The number of amides is 1. The van der Waals surface area contributed by atoms with Crippen LogP contribution in [-0.4, -0.2) is 22.4 Å². The first-order valence-corrected chi connectivity index (χ1v) is 8.70. The summed E-state index contributed by atoms with van der Waals surface area (Å²) in [6, 6.07) is 15.5. The fourth-order valence-electron chi connectivity index (χ4n) is 2.17. The topological polar surface area (TPSA) is 68.0 Å². The van der Waals surface area contributed by atoms with E-state index in [0.29, 0.717) is 17.9 Å². The summed E-state index contributed by atoms with van der Waals surface area (Å²) in [5.74, 6) is 0.195. The number of aromatic nitrogens is 2. The van der Waals surface area contributed by atoms with E-state index in [9.17, 15) is 4.79 Å². The highest BCUT2D eigenvalue weighted by molar-refractivity contribution is 7.98.